The molecule has 0 saturated carbocycles. The van der Waals surface area contributed by atoms with Crippen LogP contribution in [0.15, 0.2) is 24.3 Å². The Kier molecular flexibility index (Phi) is 53.1. The minimum Gasteiger partial charge on any atom is -0.508 e. The van der Waals surface area contributed by atoms with Gasteiger partial charge in [0.05, 0.1) is 58.8 Å². The molecule has 0 heterocycles. The third-order valence-corrected chi connectivity index (χ3v) is 16.2. The minimum atomic E-state index is -1.82. The van der Waals surface area contributed by atoms with Crippen LogP contribution in [0.4, 0.5) is 0 Å². The van der Waals surface area contributed by atoms with E-state index in [2.05, 4.69) is 42.5 Å². The molecule has 0 aliphatic heterocycles. The maximum Gasteiger partial charge on any atom is 0.303 e. The summed E-state index contributed by atoms with van der Waals surface area (Å²) in [4.78, 5) is 168. The second-order valence-electron chi connectivity index (χ2n) is 25.5. The van der Waals surface area contributed by atoms with Crippen molar-refractivity contribution in [3.8, 4) is 5.75 Å². The molecule has 10 amide bonds. The van der Waals surface area contributed by atoms with Gasteiger partial charge in [0.25, 0.3) is 0 Å². The zero-order valence-corrected chi connectivity index (χ0v) is 60.3. The molecule has 0 fully saturated rings. The molecule has 0 bridgehead atoms. The van der Waals surface area contributed by atoms with Gasteiger partial charge in [0, 0.05) is 51.7 Å². The first-order valence-corrected chi connectivity index (χ1v) is 36.0. The van der Waals surface area contributed by atoms with E-state index in [1.165, 1.54) is 76.3 Å². The Morgan fingerprint density at radius 3 is 1.29 bits per heavy atom. The molecule has 6 atom stereocenters. The number of benzene rings is 1. The van der Waals surface area contributed by atoms with E-state index in [1.807, 2.05) is 6.92 Å². The van der Waals surface area contributed by atoms with E-state index >= 15 is 0 Å². The number of aromatic hydroxyl groups is 1. The second kappa shape index (κ2) is 58.7. The van der Waals surface area contributed by atoms with E-state index in [0.29, 0.717) is 44.3 Å². The van der Waals surface area contributed by atoms with Gasteiger partial charge in [-0.2, -0.15) is 0 Å². The number of hydrogen-bond acceptors (Lipinski definition) is 21. The van der Waals surface area contributed by atoms with Crippen LogP contribution in [0.2, 0.25) is 0 Å². The number of ketones is 2. The monoisotopic (exact) mass is 1450 g/mol. The van der Waals surface area contributed by atoms with Crippen LogP contribution < -0.4 is 54.0 Å². The lowest BCUT2D eigenvalue weighted by molar-refractivity contribution is -0.137. The fourth-order valence-electron chi connectivity index (χ4n) is 10.3. The lowest BCUT2D eigenvalue weighted by Crippen LogP contribution is -2.61. The first kappa shape index (κ1) is 92.3. The van der Waals surface area contributed by atoms with Crippen LogP contribution in [-0.4, -0.2) is 238 Å². The molecule has 32 heteroatoms. The number of aliphatic hydroxyl groups excluding tert-OH is 2. The van der Waals surface area contributed by atoms with E-state index in [4.69, 9.17) is 35.5 Å². The first-order valence-electron chi connectivity index (χ1n) is 36.0. The minimum absolute atomic E-state index is 0.0175. The number of aliphatic carboxylic acids is 1. The van der Waals surface area contributed by atoms with Crippen molar-refractivity contribution < 1.29 is 102 Å². The van der Waals surface area contributed by atoms with Gasteiger partial charge < -0.3 is 98.3 Å². The number of phenols is 1. The number of unbranched alkanes of at least 4 members (excludes halogenated alkanes) is 16. The van der Waals surface area contributed by atoms with E-state index in [9.17, 15) is 77.6 Å². The van der Waals surface area contributed by atoms with Gasteiger partial charge in [0.15, 0.2) is 5.78 Å². The standard InChI is InChI=1S/C70H119N11O21/c1-4-5-25-59(86)56(44-50-27-29-52(85)30-28-50)79-66(94)53(31-33-60(71)87)76-68(96)55(35-37-81(2)3)78-70(98)58(47-83)80-67(95)54(32-34-61(72)88)77-69(97)57(46-82)75-62(89)45-74-64(91)49-102-43-41-100-39-36-73-63(90)48-101-42-40-99-38-22-24-51(84)23-20-18-16-14-12-10-8-6-7-9-11-13-15-17-19-21-26-65(92)93/h27-30,53-58,82-83,85H,4-26,31-49H2,1-3H3,(H2,71,87)(H2,72,88)(H,73,90)(H,74,91)(H,75,89)(H,76,96)(H,77,97)(H,78,98)(H,79,94)(H,80,95)(H,92,93)/t53-,54-,55-,56-,57+,58-/m0/s1. The highest BCUT2D eigenvalue weighted by Gasteiger charge is 2.34. The molecule has 0 spiro atoms. The lowest BCUT2D eigenvalue weighted by Gasteiger charge is -2.27. The largest absolute Gasteiger partial charge is 0.508 e. The van der Waals surface area contributed by atoms with Crippen molar-refractivity contribution in [1.82, 2.24) is 47.4 Å². The van der Waals surface area contributed by atoms with Crippen LogP contribution in [0.1, 0.15) is 192 Å². The summed E-state index contributed by atoms with van der Waals surface area (Å²) < 4.78 is 21.6. The third-order valence-electron chi connectivity index (χ3n) is 16.2. The topological polar surface area (TPSA) is 491 Å². The zero-order valence-electron chi connectivity index (χ0n) is 60.3. The number of rotatable bonds is 66. The number of ether oxygens (including phenoxy) is 4. The highest BCUT2D eigenvalue weighted by molar-refractivity contribution is 5.98. The molecule has 0 unspecified atom stereocenters. The van der Waals surface area contributed by atoms with E-state index < -0.39 is 135 Å². The number of carbonyl (C=O) groups is 13. The Hall–Kier alpha value is -7.75. The van der Waals surface area contributed by atoms with Crippen LogP contribution in [-0.2, 0) is 87.7 Å². The molecule has 1 aromatic carbocycles. The van der Waals surface area contributed by atoms with Gasteiger partial charge >= 0.3 is 5.97 Å². The normalized spacial score (nSPS) is 12.9. The number of aliphatic hydroxyl groups is 2. The number of carboxylic acids is 1. The maximum absolute atomic E-state index is 14.0. The molecule has 0 radical (unpaired) electrons. The summed E-state index contributed by atoms with van der Waals surface area (Å²) >= 11 is 0. The van der Waals surface area contributed by atoms with Crippen LogP contribution in [0.5, 0.6) is 5.75 Å². The summed E-state index contributed by atoms with van der Waals surface area (Å²) in [5.74, 6) is -9.79. The Balaban J connectivity index is 2.48. The van der Waals surface area contributed by atoms with Gasteiger partial charge in [-0.15, -0.1) is 0 Å². The van der Waals surface area contributed by atoms with Gasteiger partial charge in [-0.05, 0) is 89.7 Å². The van der Waals surface area contributed by atoms with Crippen LogP contribution in [0.25, 0.3) is 0 Å². The fraction of sp³-hybridized carbons (Fsp3) is 0.729. The number of carbonyl (C=O) groups excluding carboxylic acids is 12. The van der Waals surface area contributed by atoms with E-state index in [1.54, 1.807) is 31.1 Å². The molecule has 0 saturated heterocycles. The molecule has 0 aliphatic rings. The number of primary amides is 2. The molecule has 0 aromatic heterocycles. The second-order valence-corrected chi connectivity index (χ2v) is 25.5. The van der Waals surface area contributed by atoms with Crippen molar-refractivity contribution in [2.45, 2.75) is 229 Å². The number of hydrogen-bond donors (Lipinski definition) is 14. The van der Waals surface area contributed by atoms with Gasteiger partial charge in [-0.1, -0.05) is 115 Å². The van der Waals surface area contributed by atoms with Gasteiger partial charge in [0.2, 0.25) is 59.1 Å². The summed E-state index contributed by atoms with van der Waals surface area (Å²) in [6, 6.07) is -3.26. The number of nitrogens with zero attached hydrogens (tertiary/aromatic N) is 1. The SMILES string of the molecule is CCCCC(=O)[C@H](Cc1ccc(O)cc1)NC(=O)[C@H](CCC(N)=O)NC(=O)[C@H](CCN(C)C)NC(=O)[C@H](CO)NC(=O)[C@H](CCC(N)=O)NC(=O)[C@@H](CO)NC(=O)CNC(=O)COCCOCCNC(=O)COCCOCCCC(=O)CCCCCCCCCCCCCCCCCCC(=O)O. The number of nitrogens with one attached hydrogen (secondary N) is 8. The summed E-state index contributed by atoms with van der Waals surface area (Å²) in [5.41, 5.74) is 11.3. The average Bonchev–Trinajstić information content (AvgIpc) is 0.871. The average molecular weight is 1450 g/mol. The van der Waals surface area contributed by atoms with E-state index in [-0.39, 0.29) is 114 Å². The fourth-order valence-corrected chi connectivity index (χ4v) is 10.3. The predicted octanol–water partition coefficient (Wildman–Crippen LogP) is 0.825. The Morgan fingerprint density at radius 2 is 0.833 bits per heavy atom. The zero-order chi connectivity index (χ0) is 75.7. The van der Waals surface area contributed by atoms with Crippen LogP contribution in [0, 0.1) is 0 Å². The molecule has 32 nitrogen and oxygen atoms in total. The highest BCUT2D eigenvalue weighted by Crippen LogP contribution is 2.17. The van der Waals surface area contributed by atoms with Crippen LogP contribution in [0.3, 0.4) is 0 Å². The highest BCUT2D eigenvalue weighted by atomic mass is 16.5. The van der Waals surface area contributed by atoms with E-state index in [0.717, 1.165) is 38.5 Å². The summed E-state index contributed by atoms with van der Waals surface area (Å²) in [6.07, 6.45) is 20.2. The third kappa shape index (κ3) is 49.0. The van der Waals surface area contributed by atoms with Gasteiger partial charge in [-0.3, -0.25) is 62.3 Å². The van der Waals surface area contributed by atoms with Crippen LogP contribution >= 0.6 is 0 Å². The lowest BCUT2D eigenvalue weighted by atomic mass is 9.98. The van der Waals surface area contributed by atoms with Crippen molar-refractivity contribution in [1.29, 1.82) is 0 Å². The smallest absolute Gasteiger partial charge is 0.303 e. The number of phenolic OH excluding ortho intramolecular Hbond substituents is 1. The number of carboxylic acid groups (broad SMARTS) is 1. The molecule has 1 rings (SSSR count). The maximum atomic E-state index is 14.0. The quantitative estimate of drug-likeness (QED) is 0.0402. The molecule has 580 valence electrons. The first-order chi connectivity index (χ1) is 48.9. The Morgan fingerprint density at radius 1 is 0.431 bits per heavy atom. The van der Waals surface area contributed by atoms with Gasteiger partial charge in [-0.25, -0.2) is 0 Å². The number of nitrogens with two attached hydrogens (primary N) is 2. The molecule has 1 aromatic rings. The Labute approximate surface area is 599 Å². The summed E-state index contributed by atoms with van der Waals surface area (Å²) in [6.45, 7) is -0.227. The number of Topliss-reactive ketones (excluding diaryl/α,β-unsaturated/α-hetero) is 2. The molecular weight excluding hydrogens is 1330 g/mol. The van der Waals surface area contributed by atoms with Crippen molar-refractivity contribution in [3.05, 3.63) is 29.8 Å². The van der Waals surface area contributed by atoms with Crippen molar-refractivity contribution in [3.63, 3.8) is 0 Å². The number of amides is 10. The predicted molar refractivity (Wildman–Crippen MR) is 376 cm³/mol. The summed E-state index contributed by atoms with van der Waals surface area (Å²) in [5, 5.41) is 58.1. The van der Waals surface area contributed by atoms with Crippen molar-refractivity contribution in [2.24, 2.45) is 11.5 Å². The van der Waals surface area contributed by atoms with Crippen molar-refractivity contribution >= 4 is 76.6 Å². The molecule has 102 heavy (non-hydrogen) atoms. The van der Waals surface area contributed by atoms with Gasteiger partial charge in [0.1, 0.15) is 55.0 Å². The molecule has 0 aliphatic carbocycles. The Bertz CT molecular complexity index is 2640. The molecular formula is C70H119N11O21. The van der Waals surface area contributed by atoms with Crippen molar-refractivity contribution in [2.75, 3.05) is 99.8 Å². The summed E-state index contributed by atoms with van der Waals surface area (Å²) in [7, 11) is 3.34. The molecule has 16 N–H and O–H groups in total.